The maximum absolute atomic E-state index is 13.1. The lowest BCUT2D eigenvalue weighted by Crippen LogP contribution is -2.05. The number of aliphatic hydroxyl groups is 1. The molecule has 14 heavy (non-hydrogen) atoms. The summed E-state index contributed by atoms with van der Waals surface area (Å²) in [7, 11) is 0. The zero-order valence-electron chi connectivity index (χ0n) is 7.32. The molecule has 1 rings (SSSR count). The van der Waals surface area contributed by atoms with Crippen molar-refractivity contribution in [1.82, 2.24) is 0 Å². The van der Waals surface area contributed by atoms with E-state index < -0.39 is 35.0 Å². The molecule has 5 heteroatoms. The summed E-state index contributed by atoms with van der Waals surface area (Å²) in [4.78, 5) is 0. The highest BCUT2D eigenvalue weighted by Crippen LogP contribution is 2.28. The highest BCUT2D eigenvalue weighted by atomic mass is 35.5. The second-order valence-corrected chi connectivity index (χ2v) is 3.35. The molecular weight excluding hydrogens is 217 g/mol. The quantitative estimate of drug-likeness (QED) is 0.605. The molecule has 1 unspecified atom stereocenters. The van der Waals surface area contributed by atoms with Gasteiger partial charge in [0.15, 0.2) is 11.6 Å². The Morgan fingerprint density at radius 2 is 1.93 bits per heavy atom. The average molecular weight is 225 g/mol. The van der Waals surface area contributed by atoms with Gasteiger partial charge in [0.2, 0.25) is 0 Å². The summed E-state index contributed by atoms with van der Waals surface area (Å²) in [6, 6.07) is 0.793. The second-order valence-electron chi connectivity index (χ2n) is 2.97. The van der Waals surface area contributed by atoms with E-state index in [2.05, 4.69) is 0 Å². The monoisotopic (exact) mass is 224 g/mol. The third-order valence-corrected chi connectivity index (χ3v) is 2.28. The van der Waals surface area contributed by atoms with Crippen molar-refractivity contribution in [3.05, 3.63) is 34.1 Å². The lowest BCUT2D eigenvalue weighted by atomic mass is 10.0. The highest BCUT2D eigenvalue weighted by Gasteiger charge is 2.20. The Morgan fingerprint density at radius 1 is 1.36 bits per heavy atom. The minimum absolute atomic E-state index is 0.216. The lowest BCUT2D eigenvalue weighted by Gasteiger charge is -2.11. The first-order valence-corrected chi connectivity index (χ1v) is 4.30. The number of benzene rings is 1. The van der Waals surface area contributed by atoms with Crippen molar-refractivity contribution in [3.8, 4) is 0 Å². The van der Waals surface area contributed by atoms with Crippen LogP contribution in [-0.2, 0) is 0 Å². The molecule has 78 valence electrons. The topological polar surface area (TPSA) is 20.2 Å². The molecule has 1 atom stereocenters. The Morgan fingerprint density at radius 3 is 2.43 bits per heavy atom. The van der Waals surface area contributed by atoms with Crippen LogP contribution in [0.4, 0.5) is 13.2 Å². The number of halogens is 4. The fraction of sp³-hybridized carbons (Fsp3) is 0.333. The van der Waals surface area contributed by atoms with Crippen molar-refractivity contribution in [3.63, 3.8) is 0 Å². The van der Waals surface area contributed by atoms with Crippen molar-refractivity contribution < 1.29 is 18.3 Å². The number of rotatable bonds is 2. The first-order valence-electron chi connectivity index (χ1n) is 3.92. The van der Waals surface area contributed by atoms with E-state index in [4.69, 9.17) is 16.7 Å². The van der Waals surface area contributed by atoms with Crippen LogP contribution in [-0.4, -0.2) is 11.7 Å². The molecule has 0 saturated carbocycles. The van der Waals surface area contributed by atoms with Gasteiger partial charge in [-0.25, -0.2) is 13.2 Å². The molecule has 1 N–H and O–H groups in total. The number of aliphatic hydroxyl groups excluding tert-OH is 1. The Hall–Kier alpha value is -0.740. The van der Waals surface area contributed by atoms with Gasteiger partial charge in [0, 0.05) is 12.5 Å². The summed E-state index contributed by atoms with van der Waals surface area (Å²) < 4.78 is 39.0. The van der Waals surface area contributed by atoms with Crippen LogP contribution in [0.3, 0.4) is 0 Å². The zero-order valence-corrected chi connectivity index (χ0v) is 8.08. The predicted octanol–water partition coefficient (Wildman–Crippen LogP) is 2.85. The summed E-state index contributed by atoms with van der Waals surface area (Å²) in [5.41, 5.74) is -0.216. The molecule has 0 aliphatic carbocycles. The van der Waals surface area contributed by atoms with E-state index in [1.165, 1.54) is 6.92 Å². The molecule has 1 aromatic carbocycles. The second kappa shape index (κ2) is 4.19. The van der Waals surface area contributed by atoms with Crippen LogP contribution in [0.1, 0.15) is 18.4 Å². The van der Waals surface area contributed by atoms with E-state index in [0.717, 1.165) is 6.07 Å². The van der Waals surface area contributed by atoms with Crippen LogP contribution in [0.2, 0.25) is 5.02 Å². The molecular formula is C9H8ClF3O. The Balaban J connectivity index is 3.33. The minimum Gasteiger partial charge on any atom is -0.396 e. The number of hydrogen-bond acceptors (Lipinski definition) is 1. The van der Waals surface area contributed by atoms with Crippen molar-refractivity contribution in [2.24, 2.45) is 0 Å². The largest absolute Gasteiger partial charge is 0.396 e. The van der Waals surface area contributed by atoms with Gasteiger partial charge in [0.25, 0.3) is 0 Å². The predicted molar refractivity (Wildman–Crippen MR) is 46.8 cm³/mol. The van der Waals surface area contributed by atoms with Crippen LogP contribution in [0.25, 0.3) is 0 Å². The summed E-state index contributed by atoms with van der Waals surface area (Å²) in [5, 5.41) is 7.85. The number of hydrogen-bond donors (Lipinski definition) is 1. The molecule has 0 heterocycles. The smallest absolute Gasteiger partial charge is 0.180 e. The van der Waals surface area contributed by atoms with Crippen molar-refractivity contribution >= 4 is 11.6 Å². The molecule has 0 spiro atoms. The van der Waals surface area contributed by atoms with E-state index in [1.807, 2.05) is 0 Å². The SMILES string of the molecule is CC(CO)c1cc(F)c(Cl)c(F)c1F. The van der Waals surface area contributed by atoms with Gasteiger partial charge in [-0.15, -0.1) is 0 Å². The van der Waals surface area contributed by atoms with Gasteiger partial charge in [0.05, 0.1) is 0 Å². The molecule has 0 aliphatic rings. The molecule has 0 radical (unpaired) electrons. The molecule has 0 fully saturated rings. The molecule has 0 saturated heterocycles. The highest BCUT2D eigenvalue weighted by molar-refractivity contribution is 6.30. The van der Waals surface area contributed by atoms with Crippen molar-refractivity contribution in [2.75, 3.05) is 6.61 Å². The summed E-state index contributed by atoms with van der Waals surface area (Å²) in [5.74, 6) is -4.32. The minimum atomic E-state index is -1.41. The van der Waals surface area contributed by atoms with E-state index >= 15 is 0 Å². The third-order valence-electron chi connectivity index (χ3n) is 1.94. The molecule has 0 bridgehead atoms. The summed E-state index contributed by atoms with van der Waals surface area (Å²) in [6.07, 6.45) is 0. The van der Waals surface area contributed by atoms with E-state index in [1.54, 1.807) is 0 Å². The van der Waals surface area contributed by atoms with Gasteiger partial charge in [0.1, 0.15) is 10.8 Å². The van der Waals surface area contributed by atoms with Gasteiger partial charge in [-0.2, -0.15) is 0 Å². The molecule has 1 aromatic rings. The molecule has 0 amide bonds. The van der Waals surface area contributed by atoms with E-state index in [0.29, 0.717) is 0 Å². The first kappa shape index (κ1) is 11.3. The maximum atomic E-state index is 13.1. The maximum Gasteiger partial charge on any atom is 0.180 e. The molecule has 1 nitrogen and oxygen atoms in total. The van der Waals surface area contributed by atoms with Gasteiger partial charge < -0.3 is 5.11 Å². The van der Waals surface area contributed by atoms with Gasteiger partial charge in [-0.1, -0.05) is 18.5 Å². The fourth-order valence-corrected chi connectivity index (χ4v) is 1.19. The van der Waals surface area contributed by atoms with Gasteiger partial charge >= 0.3 is 0 Å². The standard InChI is InChI=1S/C9H8ClF3O/c1-4(3-14)5-2-6(11)7(10)9(13)8(5)12/h2,4,14H,3H2,1H3. The summed E-state index contributed by atoms with van der Waals surface area (Å²) in [6.45, 7) is 1.06. The first-order chi connectivity index (χ1) is 6.49. The molecule has 0 aromatic heterocycles. The summed E-state index contributed by atoms with van der Waals surface area (Å²) >= 11 is 5.15. The van der Waals surface area contributed by atoms with Crippen LogP contribution >= 0.6 is 11.6 Å². The van der Waals surface area contributed by atoms with Gasteiger partial charge in [-0.05, 0) is 11.6 Å². The van der Waals surface area contributed by atoms with E-state index in [-0.39, 0.29) is 5.56 Å². The normalized spacial score (nSPS) is 13.0. The average Bonchev–Trinajstić information content (AvgIpc) is 2.19. The lowest BCUT2D eigenvalue weighted by molar-refractivity contribution is 0.269. The third kappa shape index (κ3) is 1.86. The fourth-order valence-electron chi connectivity index (χ4n) is 1.05. The van der Waals surface area contributed by atoms with Crippen LogP contribution in [0, 0.1) is 17.5 Å². The van der Waals surface area contributed by atoms with Crippen LogP contribution < -0.4 is 0 Å². The van der Waals surface area contributed by atoms with Crippen LogP contribution in [0.15, 0.2) is 6.07 Å². The van der Waals surface area contributed by atoms with E-state index in [9.17, 15) is 13.2 Å². The van der Waals surface area contributed by atoms with Gasteiger partial charge in [-0.3, -0.25) is 0 Å². The van der Waals surface area contributed by atoms with Crippen molar-refractivity contribution in [1.29, 1.82) is 0 Å². The molecule has 0 aliphatic heterocycles. The van der Waals surface area contributed by atoms with Crippen LogP contribution in [0.5, 0.6) is 0 Å². The zero-order chi connectivity index (χ0) is 10.9. The van der Waals surface area contributed by atoms with Crippen molar-refractivity contribution in [2.45, 2.75) is 12.8 Å². The Kier molecular flexibility index (Phi) is 3.39. The Bertz CT molecular complexity index is 354. The Labute approximate surface area is 84.1 Å².